The number of carbonyl (C=O) groups excluding carboxylic acids is 1. The Morgan fingerprint density at radius 2 is 1.81 bits per heavy atom. The van der Waals surface area contributed by atoms with Gasteiger partial charge in [0.15, 0.2) is 0 Å². The first-order chi connectivity index (χ1) is 15.2. The molecule has 0 unspecified atom stereocenters. The van der Waals surface area contributed by atoms with Crippen LogP contribution in [0.3, 0.4) is 0 Å². The molecule has 1 fully saturated rings. The molecule has 31 heavy (non-hydrogen) atoms. The molecule has 0 atom stereocenters. The quantitative estimate of drug-likeness (QED) is 0.590. The lowest BCUT2D eigenvalue weighted by Gasteiger charge is -2.31. The highest BCUT2D eigenvalue weighted by molar-refractivity contribution is 5.94. The van der Waals surface area contributed by atoms with E-state index in [1.54, 1.807) is 4.57 Å². The minimum atomic E-state index is -0.235. The van der Waals surface area contributed by atoms with Crippen LogP contribution in [0.2, 0.25) is 0 Å². The van der Waals surface area contributed by atoms with Crippen LogP contribution in [0, 0.1) is 0 Å². The molecule has 4 rings (SSSR count). The number of nitrogens with zero attached hydrogens (tertiary/aromatic N) is 3. The number of amides is 1. The van der Waals surface area contributed by atoms with Gasteiger partial charge in [-0.3, -0.25) is 4.79 Å². The van der Waals surface area contributed by atoms with Crippen LogP contribution in [0.4, 0.5) is 0 Å². The van der Waals surface area contributed by atoms with Gasteiger partial charge < -0.3 is 9.64 Å². The lowest BCUT2D eigenvalue weighted by Crippen LogP contribution is -2.38. The first kappa shape index (κ1) is 20.9. The first-order valence-corrected chi connectivity index (χ1v) is 10.9. The zero-order valence-corrected chi connectivity index (χ0v) is 17.8. The van der Waals surface area contributed by atoms with E-state index < -0.39 is 0 Å². The molecule has 0 saturated carbocycles. The minimum Gasteiger partial charge on any atom is -0.494 e. The Morgan fingerprint density at radius 1 is 1.10 bits per heavy atom. The molecule has 0 spiro atoms. The van der Waals surface area contributed by atoms with Crippen LogP contribution in [0.15, 0.2) is 59.4 Å². The van der Waals surface area contributed by atoms with Gasteiger partial charge >= 0.3 is 5.69 Å². The Labute approximate surface area is 181 Å². The summed E-state index contributed by atoms with van der Waals surface area (Å²) in [7, 11) is 0. The molecule has 7 heteroatoms. The maximum Gasteiger partial charge on any atom is 0.347 e. The van der Waals surface area contributed by atoms with Crippen LogP contribution in [0.25, 0.3) is 5.69 Å². The maximum absolute atomic E-state index is 12.9. The van der Waals surface area contributed by atoms with Crippen molar-refractivity contribution in [3.8, 4) is 11.4 Å². The SMILES string of the molecule is CCCCOc1ccc(C(=O)N2CCC(c3n[nH]c(=O)n3-c3ccccc3)CC2)cc1. The molecule has 3 aromatic rings. The third-order valence-corrected chi connectivity index (χ3v) is 5.73. The summed E-state index contributed by atoms with van der Waals surface area (Å²) in [5.74, 6) is 1.68. The van der Waals surface area contributed by atoms with E-state index in [-0.39, 0.29) is 17.5 Å². The Morgan fingerprint density at radius 3 is 2.48 bits per heavy atom. The molecule has 7 nitrogen and oxygen atoms in total. The number of unbranched alkanes of at least 4 members (excludes halogenated alkanes) is 1. The van der Waals surface area contributed by atoms with Crippen molar-refractivity contribution in [3.63, 3.8) is 0 Å². The number of benzene rings is 2. The van der Waals surface area contributed by atoms with Crippen LogP contribution in [-0.2, 0) is 0 Å². The average Bonchev–Trinajstić information content (AvgIpc) is 3.21. The highest BCUT2D eigenvalue weighted by atomic mass is 16.5. The number of aromatic amines is 1. The van der Waals surface area contributed by atoms with Crippen LogP contribution in [-0.4, -0.2) is 45.3 Å². The van der Waals surface area contributed by atoms with Crippen LogP contribution in [0.5, 0.6) is 5.75 Å². The molecular formula is C24H28N4O3. The van der Waals surface area contributed by atoms with E-state index >= 15 is 0 Å². The predicted molar refractivity (Wildman–Crippen MR) is 119 cm³/mol. The van der Waals surface area contributed by atoms with E-state index in [1.165, 1.54) is 0 Å². The molecule has 0 aliphatic carbocycles. The topological polar surface area (TPSA) is 80.2 Å². The highest BCUT2D eigenvalue weighted by Crippen LogP contribution is 2.28. The van der Waals surface area contributed by atoms with Crippen molar-refractivity contribution in [2.75, 3.05) is 19.7 Å². The lowest BCUT2D eigenvalue weighted by atomic mass is 9.95. The van der Waals surface area contributed by atoms with Crippen molar-refractivity contribution >= 4 is 5.91 Å². The zero-order valence-electron chi connectivity index (χ0n) is 17.8. The Hall–Kier alpha value is -3.35. The number of piperidine rings is 1. The number of aromatic nitrogens is 3. The highest BCUT2D eigenvalue weighted by Gasteiger charge is 2.28. The van der Waals surface area contributed by atoms with Crippen molar-refractivity contribution < 1.29 is 9.53 Å². The molecule has 1 aliphatic heterocycles. The van der Waals surface area contributed by atoms with Gasteiger partial charge in [-0.15, -0.1) is 0 Å². The fourth-order valence-electron chi connectivity index (χ4n) is 3.96. The van der Waals surface area contributed by atoms with Crippen LogP contribution >= 0.6 is 0 Å². The number of ether oxygens (including phenoxy) is 1. The molecule has 1 amide bonds. The van der Waals surface area contributed by atoms with Gasteiger partial charge in [0.05, 0.1) is 12.3 Å². The van der Waals surface area contributed by atoms with Crippen molar-refractivity contribution in [1.82, 2.24) is 19.7 Å². The van der Waals surface area contributed by atoms with E-state index in [4.69, 9.17) is 4.74 Å². The normalized spacial score (nSPS) is 14.5. The van der Waals surface area contributed by atoms with Crippen molar-refractivity contribution in [1.29, 1.82) is 0 Å². The molecule has 162 valence electrons. The Bertz CT molecular complexity index is 1050. The largest absolute Gasteiger partial charge is 0.494 e. The fraction of sp³-hybridized carbons (Fsp3) is 0.375. The molecule has 0 bridgehead atoms. The summed E-state index contributed by atoms with van der Waals surface area (Å²) >= 11 is 0. The summed E-state index contributed by atoms with van der Waals surface area (Å²) in [5, 5.41) is 6.87. The van der Waals surface area contributed by atoms with Crippen LogP contribution in [0.1, 0.15) is 54.7 Å². The molecule has 1 aromatic heterocycles. The van der Waals surface area contributed by atoms with E-state index in [9.17, 15) is 9.59 Å². The van der Waals surface area contributed by atoms with E-state index in [0.29, 0.717) is 25.3 Å². The maximum atomic E-state index is 12.9. The summed E-state index contributed by atoms with van der Waals surface area (Å²) in [4.78, 5) is 27.1. The van der Waals surface area contributed by atoms with E-state index in [1.807, 2.05) is 59.5 Å². The van der Waals surface area contributed by atoms with Gasteiger partial charge in [-0.2, -0.15) is 5.10 Å². The van der Waals surface area contributed by atoms with E-state index in [0.717, 1.165) is 42.9 Å². The van der Waals surface area contributed by atoms with Crippen LogP contribution < -0.4 is 10.4 Å². The standard InChI is InChI=1S/C24H28N4O3/c1-2-3-17-31-21-11-9-19(10-12-21)23(29)27-15-13-18(14-16-27)22-25-26-24(30)28(22)20-7-5-4-6-8-20/h4-12,18H,2-3,13-17H2,1H3,(H,26,30). The van der Waals surface area contributed by atoms with Gasteiger partial charge in [-0.1, -0.05) is 31.5 Å². The van der Waals surface area contributed by atoms with Gasteiger partial charge in [0.1, 0.15) is 11.6 Å². The number of nitrogens with one attached hydrogen (secondary N) is 1. The van der Waals surface area contributed by atoms with Gasteiger partial charge in [0.2, 0.25) is 0 Å². The number of hydrogen-bond donors (Lipinski definition) is 1. The van der Waals surface area contributed by atoms with E-state index in [2.05, 4.69) is 17.1 Å². The third kappa shape index (κ3) is 4.71. The molecule has 1 aliphatic rings. The Kier molecular flexibility index (Phi) is 6.50. The average molecular weight is 421 g/mol. The number of carbonyl (C=O) groups is 1. The van der Waals surface area contributed by atoms with Gasteiger partial charge in [0.25, 0.3) is 5.91 Å². The minimum absolute atomic E-state index is 0.0287. The third-order valence-electron chi connectivity index (χ3n) is 5.73. The molecule has 2 heterocycles. The molecule has 1 N–H and O–H groups in total. The monoisotopic (exact) mass is 420 g/mol. The van der Waals surface area contributed by atoms with Crippen molar-refractivity contribution in [2.45, 2.75) is 38.5 Å². The Balaban J connectivity index is 1.39. The smallest absolute Gasteiger partial charge is 0.347 e. The number of hydrogen-bond acceptors (Lipinski definition) is 4. The van der Waals surface area contributed by atoms with Gasteiger partial charge in [-0.25, -0.2) is 14.5 Å². The summed E-state index contributed by atoms with van der Waals surface area (Å²) in [5.41, 5.74) is 1.24. The number of rotatable bonds is 7. The summed E-state index contributed by atoms with van der Waals surface area (Å²) in [6.45, 7) is 4.09. The number of likely N-dealkylation sites (tertiary alicyclic amines) is 1. The second-order valence-corrected chi connectivity index (χ2v) is 7.85. The zero-order chi connectivity index (χ0) is 21.6. The first-order valence-electron chi connectivity index (χ1n) is 10.9. The van der Waals surface area contributed by atoms with Gasteiger partial charge in [-0.05, 0) is 55.7 Å². The predicted octanol–water partition coefficient (Wildman–Crippen LogP) is 3.76. The second kappa shape index (κ2) is 9.64. The molecule has 2 aromatic carbocycles. The van der Waals surface area contributed by atoms with Crippen molar-refractivity contribution in [3.05, 3.63) is 76.5 Å². The summed E-state index contributed by atoms with van der Waals surface area (Å²) in [6, 6.07) is 16.9. The summed E-state index contributed by atoms with van der Waals surface area (Å²) in [6.07, 6.45) is 3.64. The van der Waals surface area contributed by atoms with Crippen molar-refractivity contribution in [2.24, 2.45) is 0 Å². The lowest BCUT2D eigenvalue weighted by molar-refractivity contribution is 0.0710. The molecule has 0 radical (unpaired) electrons. The fourth-order valence-corrected chi connectivity index (χ4v) is 3.96. The second-order valence-electron chi connectivity index (χ2n) is 7.85. The molecule has 1 saturated heterocycles. The molecular weight excluding hydrogens is 392 g/mol. The number of H-pyrrole nitrogens is 1. The van der Waals surface area contributed by atoms with Gasteiger partial charge in [0, 0.05) is 24.6 Å². The summed E-state index contributed by atoms with van der Waals surface area (Å²) < 4.78 is 7.31. The number of para-hydroxylation sites is 1.